The predicted molar refractivity (Wildman–Crippen MR) is 140 cm³/mol. The Morgan fingerprint density at radius 2 is 1.95 bits per heavy atom. The zero-order chi connectivity index (χ0) is 27.9. The number of fused-ring (bicyclic) bond motifs is 1. The Hall–Kier alpha value is -2.33. The SMILES string of the molecule is C[C@@H]1CN([C@H](C)CO)C(=O)Cc2cc(NC(=O)CCC(F)(F)F)ccc2O[C@@H]1CN(C)CC1CCCCC1. The second-order valence-corrected chi connectivity index (χ2v) is 11.1. The van der Waals surface area contributed by atoms with E-state index in [1.54, 1.807) is 30.0 Å². The number of benzene rings is 1. The molecule has 2 amide bonds. The van der Waals surface area contributed by atoms with Gasteiger partial charge in [-0.1, -0.05) is 26.2 Å². The van der Waals surface area contributed by atoms with Crippen LogP contribution in [0.5, 0.6) is 5.75 Å². The number of hydrogen-bond acceptors (Lipinski definition) is 5. The van der Waals surface area contributed by atoms with E-state index in [2.05, 4.69) is 17.3 Å². The van der Waals surface area contributed by atoms with E-state index in [0.29, 0.717) is 36.0 Å². The van der Waals surface area contributed by atoms with Crippen LogP contribution in [0.3, 0.4) is 0 Å². The number of carbonyl (C=O) groups is 2. The molecular weight excluding hydrogens is 499 g/mol. The van der Waals surface area contributed by atoms with Gasteiger partial charge in [-0.3, -0.25) is 9.59 Å². The average Bonchev–Trinajstić information content (AvgIpc) is 2.90. The Balaban J connectivity index is 1.81. The van der Waals surface area contributed by atoms with Crippen LogP contribution in [0, 0.1) is 11.8 Å². The molecule has 0 unspecified atom stereocenters. The standard InChI is InChI=1S/C28H42F3N3O4/c1-19-15-34(20(2)18-35)27(37)14-22-13-23(32-26(36)11-12-28(29,30)31)9-10-24(22)38-25(19)17-33(3)16-21-7-5-4-6-8-21/h9-10,13,19-21,25,35H,4-8,11-12,14-18H2,1-3H3,(H,32,36)/t19-,20-,25-/m1/s1. The summed E-state index contributed by atoms with van der Waals surface area (Å²) in [4.78, 5) is 29.4. The molecule has 10 heteroatoms. The number of aliphatic hydroxyl groups is 1. The molecule has 3 rings (SSSR count). The molecule has 2 aliphatic rings. The Morgan fingerprint density at radius 3 is 2.61 bits per heavy atom. The maximum Gasteiger partial charge on any atom is 0.389 e. The third-order valence-corrected chi connectivity index (χ3v) is 7.62. The summed E-state index contributed by atoms with van der Waals surface area (Å²) in [7, 11) is 2.09. The van der Waals surface area contributed by atoms with Crippen molar-refractivity contribution >= 4 is 17.5 Å². The lowest BCUT2D eigenvalue weighted by atomic mass is 9.89. The second kappa shape index (κ2) is 13.6. The van der Waals surface area contributed by atoms with Crippen molar-refractivity contribution in [2.24, 2.45) is 11.8 Å². The number of rotatable bonds is 9. The van der Waals surface area contributed by atoms with Crippen LogP contribution in [-0.4, -0.2) is 78.3 Å². The minimum atomic E-state index is -4.41. The van der Waals surface area contributed by atoms with Crippen molar-refractivity contribution < 1.29 is 32.6 Å². The molecule has 38 heavy (non-hydrogen) atoms. The Morgan fingerprint density at radius 1 is 1.24 bits per heavy atom. The lowest BCUT2D eigenvalue weighted by Gasteiger charge is -2.35. The summed E-state index contributed by atoms with van der Waals surface area (Å²) in [6.45, 7) is 5.75. The van der Waals surface area contributed by atoms with Gasteiger partial charge in [-0.25, -0.2) is 0 Å². The molecule has 7 nitrogen and oxygen atoms in total. The van der Waals surface area contributed by atoms with Crippen LogP contribution in [0.25, 0.3) is 0 Å². The fraction of sp³-hybridized carbons (Fsp3) is 0.714. The van der Waals surface area contributed by atoms with Gasteiger partial charge in [0.05, 0.1) is 25.5 Å². The van der Waals surface area contributed by atoms with Gasteiger partial charge < -0.3 is 25.0 Å². The summed E-state index contributed by atoms with van der Waals surface area (Å²) in [5, 5.41) is 12.3. The molecule has 1 heterocycles. The van der Waals surface area contributed by atoms with Crippen LogP contribution < -0.4 is 10.1 Å². The minimum absolute atomic E-state index is 0.0106. The fourth-order valence-corrected chi connectivity index (χ4v) is 5.40. The zero-order valence-electron chi connectivity index (χ0n) is 22.7. The number of hydrogen-bond donors (Lipinski definition) is 2. The van der Waals surface area contributed by atoms with Gasteiger partial charge in [0.15, 0.2) is 0 Å². The Kier molecular flexibility index (Phi) is 10.8. The normalized spacial score (nSPS) is 22.2. The van der Waals surface area contributed by atoms with E-state index in [1.165, 1.54) is 32.1 Å². The van der Waals surface area contributed by atoms with Crippen LogP contribution in [-0.2, 0) is 16.0 Å². The maximum atomic E-state index is 13.3. The van der Waals surface area contributed by atoms with E-state index >= 15 is 0 Å². The molecule has 0 radical (unpaired) electrons. The number of nitrogens with zero attached hydrogens (tertiary/aromatic N) is 2. The summed E-state index contributed by atoms with van der Waals surface area (Å²) in [6, 6.07) is 4.49. The van der Waals surface area contributed by atoms with Crippen molar-refractivity contribution in [2.45, 2.75) is 83.5 Å². The van der Waals surface area contributed by atoms with Crippen LogP contribution in [0.2, 0.25) is 0 Å². The molecule has 3 atom stereocenters. The molecule has 1 fully saturated rings. The second-order valence-electron chi connectivity index (χ2n) is 11.1. The Bertz CT molecular complexity index is 936. The molecule has 2 N–H and O–H groups in total. The van der Waals surface area contributed by atoms with Crippen molar-refractivity contribution in [3.63, 3.8) is 0 Å². The highest BCUT2D eigenvalue weighted by atomic mass is 19.4. The molecule has 0 aromatic heterocycles. The van der Waals surface area contributed by atoms with Crippen molar-refractivity contribution in [3.05, 3.63) is 23.8 Å². The van der Waals surface area contributed by atoms with Gasteiger partial charge in [-0.15, -0.1) is 0 Å². The number of alkyl halides is 3. The first-order valence-corrected chi connectivity index (χ1v) is 13.7. The van der Waals surface area contributed by atoms with Crippen LogP contribution in [0.4, 0.5) is 18.9 Å². The highest BCUT2D eigenvalue weighted by Gasteiger charge is 2.32. The van der Waals surface area contributed by atoms with Crippen molar-refractivity contribution in [2.75, 3.05) is 38.6 Å². The topological polar surface area (TPSA) is 82.1 Å². The predicted octanol–water partition coefficient (Wildman–Crippen LogP) is 4.63. The molecule has 214 valence electrons. The number of aliphatic hydroxyl groups excluding tert-OH is 1. The summed E-state index contributed by atoms with van der Waals surface area (Å²) >= 11 is 0. The summed E-state index contributed by atoms with van der Waals surface area (Å²) in [5.74, 6) is 0.246. The van der Waals surface area contributed by atoms with Gasteiger partial charge in [-0.2, -0.15) is 13.2 Å². The monoisotopic (exact) mass is 541 g/mol. The molecule has 0 bridgehead atoms. The van der Waals surface area contributed by atoms with E-state index in [1.807, 2.05) is 6.92 Å². The van der Waals surface area contributed by atoms with E-state index in [9.17, 15) is 27.9 Å². The van der Waals surface area contributed by atoms with Crippen LogP contribution in [0.1, 0.15) is 64.4 Å². The van der Waals surface area contributed by atoms with E-state index < -0.39 is 24.9 Å². The highest BCUT2D eigenvalue weighted by Crippen LogP contribution is 2.30. The maximum absolute atomic E-state index is 13.3. The van der Waals surface area contributed by atoms with Gasteiger partial charge in [-0.05, 0) is 50.9 Å². The van der Waals surface area contributed by atoms with Gasteiger partial charge in [0, 0.05) is 43.2 Å². The lowest BCUT2D eigenvalue weighted by Crippen LogP contribution is -2.48. The molecule has 0 spiro atoms. The first-order valence-electron chi connectivity index (χ1n) is 13.7. The summed E-state index contributed by atoms with van der Waals surface area (Å²) < 4.78 is 44.0. The fourth-order valence-electron chi connectivity index (χ4n) is 5.40. The van der Waals surface area contributed by atoms with Crippen LogP contribution in [0.15, 0.2) is 18.2 Å². The van der Waals surface area contributed by atoms with Gasteiger partial charge >= 0.3 is 6.18 Å². The average molecular weight is 542 g/mol. The van der Waals surface area contributed by atoms with E-state index in [-0.39, 0.29) is 37.0 Å². The van der Waals surface area contributed by atoms with Crippen molar-refractivity contribution in [1.82, 2.24) is 9.80 Å². The number of likely N-dealkylation sites (N-methyl/N-ethyl adjacent to an activating group) is 1. The smallest absolute Gasteiger partial charge is 0.389 e. The third kappa shape index (κ3) is 9.15. The number of halogens is 3. The number of ether oxygens (including phenoxy) is 1. The molecule has 0 saturated heterocycles. The first-order chi connectivity index (χ1) is 17.9. The summed E-state index contributed by atoms with van der Waals surface area (Å²) in [6.07, 6.45) is -0.206. The number of anilines is 1. The largest absolute Gasteiger partial charge is 0.488 e. The Labute approximate surface area is 223 Å². The number of nitrogens with one attached hydrogen (secondary N) is 1. The number of amides is 2. The molecular formula is C28H42F3N3O4. The summed E-state index contributed by atoms with van der Waals surface area (Å²) in [5.41, 5.74) is 0.861. The molecule has 1 saturated carbocycles. The highest BCUT2D eigenvalue weighted by molar-refractivity contribution is 5.91. The lowest BCUT2D eigenvalue weighted by molar-refractivity contribution is -0.142. The third-order valence-electron chi connectivity index (χ3n) is 7.62. The molecule has 1 aliphatic heterocycles. The van der Waals surface area contributed by atoms with Gasteiger partial charge in [0.2, 0.25) is 11.8 Å². The first kappa shape index (κ1) is 30.2. The van der Waals surface area contributed by atoms with Crippen LogP contribution >= 0.6 is 0 Å². The zero-order valence-corrected chi connectivity index (χ0v) is 22.7. The molecule has 1 aromatic carbocycles. The van der Waals surface area contributed by atoms with Gasteiger partial charge in [0.1, 0.15) is 11.9 Å². The minimum Gasteiger partial charge on any atom is -0.488 e. The van der Waals surface area contributed by atoms with Gasteiger partial charge in [0.25, 0.3) is 0 Å². The number of carbonyl (C=O) groups excluding carboxylic acids is 2. The molecule has 1 aliphatic carbocycles. The van der Waals surface area contributed by atoms with Crippen molar-refractivity contribution in [3.8, 4) is 5.75 Å². The van der Waals surface area contributed by atoms with Crippen molar-refractivity contribution in [1.29, 1.82) is 0 Å². The van der Waals surface area contributed by atoms with E-state index in [4.69, 9.17) is 4.74 Å². The quantitative estimate of drug-likeness (QED) is 0.477. The molecule has 1 aromatic rings. The van der Waals surface area contributed by atoms with E-state index in [0.717, 1.165) is 6.54 Å².